The van der Waals surface area contributed by atoms with Crippen molar-refractivity contribution in [2.75, 3.05) is 23.0 Å². The molecule has 2 rings (SSSR count). The molecule has 0 aliphatic carbocycles. The second-order valence-electron chi connectivity index (χ2n) is 3.42. The lowest BCUT2D eigenvalue weighted by molar-refractivity contribution is 1.05. The van der Waals surface area contributed by atoms with Crippen molar-refractivity contribution in [3.05, 3.63) is 0 Å². The molecular formula is C9H16S4. The van der Waals surface area contributed by atoms with E-state index in [0.29, 0.717) is 0 Å². The van der Waals surface area contributed by atoms with Crippen LogP contribution in [0.4, 0.5) is 0 Å². The van der Waals surface area contributed by atoms with Gasteiger partial charge in [0.15, 0.2) is 0 Å². The Hall–Kier alpha value is 1.40. The Morgan fingerprint density at radius 3 is 1.92 bits per heavy atom. The Balaban J connectivity index is 1.53. The molecule has 0 aromatic carbocycles. The summed E-state index contributed by atoms with van der Waals surface area (Å²) in [6.45, 7) is 2.32. The summed E-state index contributed by atoms with van der Waals surface area (Å²) in [6.07, 6.45) is 1.34. The van der Waals surface area contributed by atoms with Crippen LogP contribution in [-0.4, -0.2) is 38.1 Å². The number of hydrogen-bond donors (Lipinski definition) is 0. The summed E-state index contributed by atoms with van der Waals surface area (Å²) in [5.41, 5.74) is 0. The van der Waals surface area contributed by atoms with E-state index < -0.39 is 0 Å². The number of thioether (sulfide) groups is 4. The summed E-state index contributed by atoms with van der Waals surface area (Å²) >= 11 is 8.64. The van der Waals surface area contributed by atoms with Crippen LogP contribution in [0, 0.1) is 0 Å². The van der Waals surface area contributed by atoms with Gasteiger partial charge in [-0.15, -0.1) is 23.5 Å². The molecule has 2 saturated heterocycles. The molecule has 13 heavy (non-hydrogen) atoms. The molecule has 2 heterocycles. The van der Waals surface area contributed by atoms with Crippen LogP contribution in [0.25, 0.3) is 0 Å². The minimum Gasteiger partial charge on any atom is -0.156 e. The molecule has 2 unspecified atom stereocenters. The zero-order valence-corrected chi connectivity index (χ0v) is 11.2. The zero-order chi connectivity index (χ0) is 9.10. The third kappa shape index (κ3) is 4.63. The fourth-order valence-corrected chi connectivity index (χ4v) is 5.51. The van der Waals surface area contributed by atoms with Gasteiger partial charge >= 0.3 is 0 Å². The Bertz CT molecular complexity index is 138. The van der Waals surface area contributed by atoms with E-state index in [-0.39, 0.29) is 0 Å². The highest BCUT2D eigenvalue weighted by Gasteiger charge is 2.26. The van der Waals surface area contributed by atoms with Gasteiger partial charge in [-0.1, -0.05) is 6.92 Å². The smallest absolute Gasteiger partial charge is 0.0500 e. The van der Waals surface area contributed by atoms with Crippen LogP contribution in [-0.2, 0) is 0 Å². The second kappa shape index (κ2) is 5.47. The van der Waals surface area contributed by atoms with E-state index in [4.69, 9.17) is 0 Å². The lowest BCUT2D eigenvalue weighted by Gasteiger charge is -2.12. The van der Waals surface area contributed by atoms with Crippen molar-refractivity contribution in [3.63, 3.8) is 0 Å². The quantitative estimate of drug-likeness (QED) is 0.503. The van der Waals surface area contributed by atoms with Gasteiger partial charge in [-0.3, -0.25) is 0 Å². The van der Waals surface area contributed by atoms with Crippen molar-refractivity contribution in [2.45, 2.75) is 28.4 Å². The molecule has 0 aromatic rings. The lowest BCUT2D eigenvalue weighted by atomic mass is 10.6. The topological polar surface area (TPSA) is 0 Å². The predicted molar refractivity (Wildman–Crippen MR) is 71.5 cm³/mol. The van der Waals surface area contributed by atoms with E-state index >= 15 is 0 Å². The van der Waals surface area contributed by atoms with Gasteiger partial charge in [0.1, 0.15) is 0 Å². The highest BCUT2D eigenvalue weighted by molar-refractivity contribution is 8.18. The molecule has 4 heteroatoms. The maximum absolute atomic E-state index is 2.32. The summed E-state index contributed by atoms with van der Waals surface area (Å²) in [6, 6.07) is 0. The molecular weight excluding hydrogens is 236 g/mol. The van der Waals surface area contributed by atoms with Gasteiger partial charge in [0.05, 0.1) is 4.58 Å². The summed E-state index contributed by atoms with van der Waals surface area (Å²) < 4.78 is 0.877. The van der Waals surface area contributed by atoms with Crippen molar-refractivity contribution < 1.29 is 0 Å². The third-order valence-corrected chi connectivity index (χ3v) is 7.86. The van der Waals surface area contributed by atoms with Crippen LogP contribution < -0.4 is 0 Å². The fourth-order valence-electron chi connectivity index (χ4n) is 1.04. The highest BCUT2D eigenvalue weighted by atomic mass is 32.2. The molecule has 76 valence electrons. The molecule has 0 saturated carbocycles. The largest absolute Gasteiger partial charge is 0.156 e. The predicted octanol–water partition coefficient (Wildman–Crippen LogP) is 3.42. The molecule has 0 amide bonds. The van der Waals surface area contributed by atoms with Gasteiger partial charge in [0.2, 0.25) is 0 Å². The number of rotatable bonds is 7. The minimum atomic E-state index is 0.877. The molecule has 0 radical (unpaired) electrons. The molecule has 2 fully saturated rings. The minimum absolute atomic E-state index is 0.877. The Kier molecular flexibility index (Phi) is 4.59. The van der Waals surface area contributed by atoms with Crippen molar-refractivity contribution in [2.24, 2.45) is 0 Å². The Morgan fingerprint density at radius 2 is 1.62 bits per heavy atom. The van der Waals surface area contributed by atoms with Crippen LogP contribution in [0.2, 0.25) is 0 Å². The maximum atomic E-state index is 2.32. The number of hydrogen-bond acceptors (Lipinski definition) is 4. The average Bonchev–Trinajstić information content (AvgIpc) is 3.01. The van der Waals surface area contributed by atoms with Gasteiger partial charge in [0, 0.05) is 33.5 Å². The van der Waals surface area contributed by atoms with Gasteiger partial charge in [-0.05, 0) is 6.42 Å². The summed E-state index contributed by atoms with van der Waals surface area (Å²) in [5.74, 6) is 5.64. The van der Waals surface area contributed by atoms with Crippen molar-refractivity contribution in [1.82, 2.24) is 0 Å². The van der Waals surface area contributed by atoms with E-state index in [1.54, 1.807) is 0 Å². The van der Waals surface area contributed by atoms with Crippen LogP contribution in [0.1, 0.15) is 13.3 Å². The molecule has 0 nitrogen and oxygen atoms in total. The van der Waals surface area contributed by atoms with Crippen LogP contribution in [0.5, 0.6) is 0 Å². The van der Waals surface area contributed by atoms with Crippen LogP contribution in [0.15, 0.2) is 0 Å². The van der Waals surface area contributed by atoms with E-state index in [1.165, 1.54) is 29.4 Å². The first-order chi connectivity index (χ1) is 6.38. The molecule has 2 aliphatic rings. The third-order valence-electron chi connectivity index (χ3n) is 2.07. The standard InChI is InChI=1S/C9H16S4/c1-2-9(12-5-7-3-10-7)13-6-8-4-11-8/h7-9H,2-6H2,1H3. The Morgan fingerprint density at radius 1 is 1.15 bits per heavy atom. The van der Waals surface area contributed by atoms with Gasteiger partial charge < -0.3 is 0 Å². The lowest BCUT2D eigenvalue weighted by Crippen LogP contribution is -2.02. The van der Waals surface area contributed by atoms with E-state index in [0.717, 1.165) is 15.1 Å². The summed E-state index contributed by atoms with van der Waals surface area (Å²) in [4.78, 5) is 0. The molecule has 2 atom stereocenters. The summed E-state index contributed by atoms with van der Waals surface area (Å²) in [5, 5.41) is 2.02. The molecule has 0 N–H and O–H groups in total. The van der Waals surface area contributed by atoms with Crippen molar-refractivity contribution >= 4 is 47.0 Å². The van der Waals surface area contributed by atoms with E-state index in [1.807, 2.05) is 0 Å². The molecule has 2 aliphatic heterocycles. The van der Waals surface area contributed by atoms with Gasteiger partial charge in [-0.2, -0.15) is 23.5 Å². The fraction of sp³-hybridized carbons (Fsp3) is 1.00. The van der Waals surface area contributed by atoms with Crippen LogP contribution >= 0.6 is 47.0 Å². The first-order valence-electron chi connectivity index (χ1n) is 4.85. The molecule has 0 bridgehead atoms. The first-order valence-corrected chi connectivity index (χ1v) is 9.04. The zero-order valence-electron chi connectivity index (χ0n) is 7.90. The molecule has 0 spiro atoms. The van der Waals surface area contributed by atoms with Crippen molar-refractivity contribution in [1.29, 1.82) is 0 Å². The van der Waals surface area contributed by atoms with Gasteiger partial charge in [0.25, 0.3) is 0 Å². The Labute approximate surface area is 98.1 Å². The SMILES string of the molecule is CCC(SCC1CS1)SCC1CS1. The maximum Gasteiger partial charge on any atom is 0.0500 e. The monoisotopic (exact) mass is 252 g/mol. The van der Waals surface area contributed by atoms with Crippen molar-refractivity contribution in [3.8, 4) is 0 Å². The highest BCUT2D eigenvalue weighted by Crippen LogP contribution is 2.40. The normalized spacial score (nSPS) is 33.0. The van der Waals surface area contributed by atoms with E-state index in [9.17, 15) is 0 Å². The summed E-state index contributed by atoms with van der Waals surface area (Å²) in [7, 11) is 0. The average molecular weight is 252 g/mol. The van der Waals surface area contributed by atoms with E-state index in [2.05, 4.69) is 54.0 Å². The van der Waals surface area contributed by atoms with Crippen LogP contribution in [0.3, 0.4) is 0 Å². The van der Waals surface area contributed by atoms with Gasteiger partial charge in [-0.25, -0.2) is 0 Å². The first kappa shape index (κ1) is 10.9. The molecule has 0 aromatic heterocycles. The second-order valence-corrected chi connectivity index (χ2v) is 8.85.